The van der Waals surface area contributed by atoms with Crippen LogP contribution in [0.15, 0.2) is 35.1 Å². The first-order valence-corrected chi connectivity index (χ1v) is 8.85. The number of nitrogens with zero attached hydrogens (tertiary/aromatic N) is 4. The number of alkyl halides is 3. The monoisotopic (exact) mass is 362 g/mol. The zero-order valence-electron chi connectivity index (χ0n) is 14.6. The maximum absolute atomic E-state index is 12.7. The van der Waals surface area contributed by atoms with Gasteiger partial charge in [-0.3, -0.25) is 9.98 Å². The van der Waals surface area contributed by atoms with Crippen LogP contribution >= 0.6 is 0 Å². The van der Waals surface area contributed by atoms with E-state index in [4.69, 9.17) is 0 Å². The van der Waals surface area contributed by atoms with E-state index in [-0.39, 0.29) is 6.42 Å². The number of fused-ring (bicyclic) bond motifs is 3. The van der Waals surface area contributed by atoms with Gasteiger partial charge >= 0.3 is 6.18 Å². The number of aliphatic imine (C=N–C) groups is 1. The number of hydrogen-bond acceptors (Lipinski definition) is 3. The highest BCUT2D eigenvalue weighted by molar-refractivity contribution is 5.85. The molecular weight excluding hydrogens is 341 g/mol. The molecular formula is C19H21F3N4. The van der Waals surface area contributed by atoms with Gasteiger partial charge in [-0.05, 0) is 37.1 Å². The van der Waals surface area contributed by atoms with Crippen molar-refractivity contribution in [2.45, 2.75) is 44.6 Å². The molecule has 2 aromatic rings. The Labute approximate surface area is 150 Å². The van der Waals surface area contributed by atoms with Gasteiger partial charge in [0, 0.05) is 49.5 Å². The summed E-state index contributed by atoms with van der Waals surface area (Å²) in [4.78, 5) is 10.3. The lowest BCUT2D eigenvalue weighted by Gasteiger charge is -2.24. The Kier molecular flexibility index (Phi) is 4.34. The first-order valence-electron chi connectivity index (χ1n) is 8.85. The van der Waals surface area contributed by atoms with Gasteiger partial charge in [0.05, 0.1) is 11.7 Å². The lowest BCUT2D eigenvalue weighted by molar-refractivity contribution is -0.146. The fraction of sp³-hybridized carbons (Fsp3) is 0.474. The predicted octanol–water partition coefficient (Wildman–Crippen LogP) is 3.75. The third-order valence-electron chi connectivity index (χ3n) is 5.27. The molecule has 0 saturated heterocycles. The Morgan fingerprint density at radius 3 is 2.88 bits per heavy atom. The molecule has 7 heteroatoms. The summed E-state index contributed by atoms with van der Waals surface area (Å²) in [5, 5.41) is 1.23. The molecule has 0 radical (unpaired) electrons. The molecule has 0 N–H and O–H groups in total. The van der Waals surface area contributed by atoms with Crippen LogP contribution in [0.5, 0.6) is 0 Å². The van der Waals surface area contributed by atoms with Gasteiger partial charge in [0.25, 0.3) is 0 Å². The zero-order valence-corrected chi connectivity index (χ0v) is 14.6. The number of rotatable bonds is 3. The average molecular weight is 362 g/mol. The lowest BCUT2D eigenvalue weighted by atomic mass is 10.0. The number of halogens is 3. The van der Waals surface area contributed by atoms with Crippen LogP contribution in [0.2, 0.25) is 0 Å². The molecule has 0 aliphatic carbocycles. The van der Waals surface area contributed by atoms with Crippen LogP contribution < -0.4 is 0 Å². The highest BCUT2D eigenvalue weighted by Crippen LogP contribution is 2.31. The second-order valence-corrected chi connectivity index (χ2v) is 7.06. The number of pyridine rings is 1. The molecule has 0 spiro atoms. The first kappa shape index (κ1) is 17.3. The molecule has 0 bridgehead atoms. The molecule has 0 saturated carbocycles. The largest absolute Gasteiger partial charge is 0.411 e. The summed E-state index contributed by atoms with van der Waals surface area (Å²) < 4.78 is 40.4. The molecule has 26 heavy (non-hydrogen) atoms. The second kappa shape index (κ2) is 6.54. The topological polar surface area (TPSA) is 33.4 Å². The molecule has 0 fully saturated rings. The fourth-order valence-electron chi connectivity index (χ4n) is 3.87. The van der Waals surface area contributed by atoms with Crippen LogP contribution in [-0.4, -0.2) is 46.5 Å². The van der Waals surface area contributed by atoms with Crippen LogP contribution in [0, 0.1) is 0 Å². The van der Waals surface area contributed by atoms with Crippen LogP contribution in [0.1, 0.15) is 24.1 Å². The Balaban J connectivity index is 1.56. The number of likely N-dealkylation sites (N-methyl/N-ethyl adjacent to an activating group) is 1. The van der Waals surface area contributed by atoms with Crippen LogP contribution in [0.3, 0.4) is 0 Å². The van der Waals surface area contributed by atoms with Crippen molar-refractivity contribution < 1.29 is 13.2 Å². The van der Waals surface area contributed by atoms with Gasteiger partial charge in [0.2, 0.25) is 0 Å². The van der Waals surface area contributed by atoms with Gasteiger partial charge in [-0.15, -0.1) is 0 Å². The minimum Gasteiger partial charge on any atom is -0.343 e. The first-order chi connectivity index (χ1) is 12.4. The third kappa shape index (κ3) is 3.16. The Morgan fingerprint density at radius 1 is 1.31 bits per heavy atom. The minimum absolute atomic E-state index is 0.0633. The summed E-state index contributed by atoms with van der Waals surface area (Å²) in [6.07, 6.45) is 4.10. The van der Waals surface area contributed by atoms with E-state index in [9.17, 15) is 13.2 Å². The molecule has 4 rings (SSSR count). The molecule has 0 aromatic carbocycles. The number of aromatic nitrogens is 2. The molecule has 2 aliphatic heterocycles. The molecule has 2 aromatic heterocycles. The average Bonchev–Trinajstić information content (AvgIpc) is 2.93. The second-order valence-electron chi connectivity index (χ2n) is 7.06. The normalized spacial score (nSPS) is 21.1. The standard InChI is InChI=1S/C19H21F3N4/c1-25-8-6-16-15(12-25)14-4-7-23-11-17(14)26(16)9-5-13-2-3-18(24-10-13)19(20,21)22/h2,4,7,10-11,18H,3,5-6,8-9,12H2,1H3. The summed E-state index contributed by atoms with van der Waals surface area (Å²) in [5.74, 6) is 0. The van der Waals surface area contributed by atoms with E-state index in [1.807, 2.05) is 12.4 Å². The van der Waals surface area contributed by atoms with Crippen molar-refractivity contribution in [3.8, 4) is 0 Å². The van der Waals surface area contributed by atoms with Crippen LogP contribution in [0.25, 0.3) is 10.9 Å². The summed E-state index contributed by atoms with van der Waals surface area (Å²) in [7, 11) is 2.12. The van der Waals surface area contributed by atoms with Crippen molar-refractivity contribution in [2.75, 3.05) is 13.6 Å². The highest BCUT2D eigenvalue weighted by Gasteiger charge is 2.39. The summed E-state index contributed by atoms with van der Waals surface area (Å²) >= 11 is 0. The predicted molar refractivity (Wildman–Crippen MR) is 95.4 cm³/mol. The zero-order chi connectivity index (χ0) is 18.3. The molecule has 1 unspecified atom stereocenters. The maximum atomic E-state index is 12.7. The number of allylic oxidation sites excluding steroid dienone is 1. The quantitative estimate of drug-likeness (QED) is 0.833. The van der Waals surface area contributed by atoms with E-state index in [2.05, 4.69) is 32.6 Å². The van der Waals surface area contributed by atoms with E-state index in [0.717, 1.165) is 37.1 Å². The smallest absolute Gasteiger partial charge is 0.343 e. The van der Waals surface area contributed by atoms with Gasteiger partial charge in [0.1, 0.15) is 6.04 Å². The summed E-state index contributed by atoms with van der Waals surface area (Å²) in [6, 6.07) is 0.463. The fourth-order valence-corrected chi connectivity index (χ4v) is 3.87. The van der Waals surface area contributed by atoms with Gasteiger partial charge in [0.15, 0.2) is 0 Å². The third-order valence-corrected chi connectivity index (χ3v) is 5.27. The number of dihydropyridines is 1. The van der Waals surface area contributed by atoms with Crippen molar-refractivity contribution in [3.05, 3.63) is 41.4 Å². The van der Waals surface area contributed by atoms with Crippen molar-refractivity contribution in [1.29, 1.82) is 0 Å². The Hall–Kier alpha value is -2.15. The molecule has 2 aliphatic rings. The van der Waals surface area contributed by atoms with E-state index in [1.165, 1.54) is 22.9 Å². The maximum Gasteiger partial charge on any atom is 0.411 e. The van der Waals surface area contributed by atoms with Crippen LogP contribution in [0.4, 0.5) is 13.2 Å². The van der Waals surface area contributed by atoms with Crippen molar-refractivity contribution >= 4 is 17.1 Å². The lowest BCUT2D eigenvalue weighted by Crippen LogP contribution is -2.28. The van der Waals surface area contributed by atoms with Gasteiger partial charge in [-0.25, -0.2) is 0 Å². The van der Waals surface area contributed by atoms with E-state index >= 15 is 0 Å². The number of aryl methyl sites for hydroxylation is 1. The van der Waals surface area contributed by atoms with E-state index < -0.39 is 12.2 Å². The molecule has 1 atom stereocenters. The van der Waals surface area contributed by atoms with E-state index in [0.29, 0.717) is 6.42 Å². The SMILES string of the molecule is CN1CCc2c(c3ccncc3n2CCC2=CCC(C(F)(F)F)N=C2)C1. The molecule has 0 amide bonds. The van der Waals surface area contributed by atoms with Gasteiger partial charge in [-0.1, -0.05) is 6.08 Å². The van der Waals surface area contributed by atoms with Crippen molar-refractivity contribution in [2.24, 2.45) is 4.99 Å². The van der Waals surface area contributed by atoms with Gasteiger partial charge in [-0.2, -0.15) is 13.2 Å². The molecule has 4 nitrogen and oxygen atoms in total. The van der Waals surface area contributed by atoms with Crippen LogP contribution in [-0.2, 0) is 19.5 Å². The summed E-state index contributed by atoms with van der Waals surface area (Å²) in [5.41, 5.74) is 4.65. The van der Waals surface area contributed by atoms with Crippen molar-refractivity contribution in [1.82, 2.24) is 14.5 Å². The minimum atomic E-state index is -4.26. The number of hydrogen-bond donors (Lipinski definition) is 0. The van der Waals surface area contributed by atoms with Gasteiger partial charge < -0.3 is 9.47 Å². The molecule has 138 valence electrons. The summed E-state index contributed by atoms with van der Waals surface area (Å²) in [6.45, 7) is 2.66. The van der Waals surface area contributed by atoms with Crippen molar-refractivity contribution in [3.63, 3.8) is 0 Å². The Morgan fingerprint density at radius 2 is 2.15 bits per heavy atom. The Bertz CT molecular complexity index is 879. The van der Waals surface area contributed by atoms with E-state index in [1.54, 1.807) is 6.08 Å². The molecule has 4 heterocycles. The highest BCUT2D eigenvalue weighted by atomic mass is 19.4.